The fourth-order valence-electron chi connectivity index (χ4n) is 3.21. The summed E-state index contributed by atoms with van der Waals surface area (Å²) in [5.41, 5.74) is 3.08. The lowest BCUT2D eigenvalue weighted by Gasteiger charge is -2.11. The number of benzene rings is 3. The summed E-state index contributed by atoms with van der Waals surface area (Å²) in [5, 5.41) is 12.4. The molecule has 5 nitrogen and oxygen atoms in total. The predicted octanol–water partition coefficient (Wildman–Crippen LogP) is 5.85. The summed E-state index contributed by atoms with van der Waals surface area (Å²) in [7, 11) is 0. The van der Waals surface area contributed by atoms with E-state index in [-0.39, 0.29) is 11.7 Å². The third-order valence-electron chi connectivity index (χ3n) is 4.76. The summed E-state index contributed by atoms with van der Waals surface area (Å²) >= 11 is 3.11. The first-order chi connectivity index (χ1) is 15.7. The van der Waals surface area contributed by atoms with E-state index in [1.807, 2.05) is 77.4 Å². The molecule has 1 N–H and O–H groups in total. The minimum Gasteiger partial charge on any atom is -0.324 e. The van der Waals surface area contributed by atoms with E-state index >= 15 is 0 Å². The fourth-order valence-corrected chi connectivity index (χ4v) is 4.94. The predicted molar refractivity (Wildman–Crippen MR) is 133 cm³/mol. The summed E-state index contributed by atoms with van der Waals surface area (Å²) < 4.78 is 2.02. The lowest BCUT2D eigenvalue weighted by atomic mass is 10.2. The molecule has 0 bridgehead atoms. The Morgan fingerprint density at radius 1 is 0.875 bits per heavy atom. The molecular formula is C25H24N4OS2. The van der Waals surface area contributed by atoms with Crippen LogP contribution in [-0.4, -0.2) is 26.4 Å². The number of aromatic nitrogens is 3. The number of carbonyl (C=O) groups is 1. The molecule has 1 aromatic heterocycles. The maximum Gasteiger partial charge on any atom is 0.234 e. The van der Waals surface area contributed by atoms with Crippen LogP contribution in [0.2, 0.25) is 0 Å². The average Bonchev–Trinajstić information content (AvgIpc) is 3.26. The van der Waals surface area contributed by atoms with Crippen LogP contribution >= 0.6 is 23.5 Å². The molecule has 0 fully saturated rings. The van der Waals surface area contributed by atoms with E-state index in [1.54, 1.807) is 11.8 Å². The molecule has 0 aliphatic carbocycles. The zero-order valence-corrected chi connectivity index (χ0v) is 19.4. The van der Waals surface area contributed by atoms with E-state index in [9.17, 15) is 4.79 Å². The molecule has 162 valence electrons. The number of carbonyl (C=O) groups excluding carboxylic acids is 1. The van der Waals surface area contributed by atoms with Gasteiger partial charge in [0.25, 0.3) is 0 Å². The number of thioether (sulfide) groups is 2. The van der Waals surface area contributed by atoms with Crippen molar-refractivity contribution in [2.24, 2.45) is 0 Å². The van der Waals surface area contributed by atoms with Gasteiger partial charge in [0.2, 0.25) is 5.91 Å². The van der Waals surface area contributed by atoms with Gasteiger partial charge >= 0.3 is 0 Å². The van der Waals surface area contributed by atoms with Crippen molar-refractivity contribution in [2.45, 2.75) is 29.1 Å². The average molecular weight is 461 g/mol. The molecular weight excluding hydrogens is 436 g/mol. The topological polar surface area (TPSA) is 59.8 Å². The Labute approximate surface area is 196 Å². The molecule has 1 heterocycles. The van der Waals surface area contributed by atoms with Crippen LogP contribution in [0.5, 0.6) is 0 Å². The van der Waals surface area contributed by atoms with Crippen molar-refractivity contribution >= 4 is 35.1 Å². The van der Waals surface area contributed by atoms with Crippen molar-refractivity contribution in [3.8, 4) is 5.69 Å². The summed E-state index contributed by atoms with van der Waals surface area (Å²) in [4.78, 5) is 13.8. The van der Waals surface area contributed by atoms with Gasteiger partial charge in [0, 0.05) is 22.8 Å². The molecule has 0 spiro atoms. The quantitative estimate of drug-likeness (QED) is 0.317. The van der Waals surface area contributed by atoms with Crippen molar-refractivity contribution in [3.05, 3.63) is 96.3 Å². The number of anilines is 1. The van der Waals surface area contributed by atoms with Crippen LogP contribution in [-0.2, 0) is 17.0 Å². The molecule has 1 amide bonds. The molecule has 0 saturated heterocycles. The van der Waals surface area contributed by atoms with E-state index in [2.05, 4.69) is 34.6 Å². The maximum absolute atomic E-state index is 12.7. The molecule has 3 aromatic carbocycles. The van der Waals surface area contributed by atoms with Gasteiger partial charge < -0.3 is 5.32 Å². The van der Waals surface area contributed by atoms with Crippen LogP contribution in [0.1, 0.15) is 18.3 Å². The Bertz CT molecular complexity index is 1160. The first-order valence-corrected chi connectivity index (χ1v) is 12.4. The standard InChI is InChI=1S/C25H24N4OS2/c1-2-23-27-28-25(29(23)20-13-7-4-8-14-20)32-18-24(30)26-21-15-9-10-16-22(21)31-17-19-11-5-3-6-12-19/h3-16H,2,17-18H2,1H3,(H,26,30). The number of hydrogen-bond donors (Lipinski definition) is 1. The Morgan fingerprint density at radius 3 is 2.31 bits per heavy atom. The first-order valence-electron chi connectivity index (χ1n) is 10.4. The highest BCUT2D eigenvalue weighted by molar-refractivity contribution is 7.99. The van der Waals surface area contributed by atoms with Crippen molar-refractivity contribution < 1.29 is 4.79 Å². The van der Waals surface area contributed by atoms with E-state index in [1.165, 1.54) is 17.3 Å². The number of para-hydroxylation sites is 2. The molecule has 0 radical (unpaired) electrons. The number of rotatable bonds is 9. The van der Waals surface area contributed by atoms with Crippen LogP contribution < -0.4 is 5.32 Å². The van der Waals surface area contributed by atoms with Gasteiger partial charge in [-0.2, -0.15) is 0 Å². The highest BCUT2D eigenvalue weighted by Crippen LogP contribution is 2.30. The van der Waals surface area contributed by atoms with E-state index in [0.29, 0.717) is 0 Å². The van der Waals surface area contributed by atoms with Gasteiger partial charge in [-0.3, -0.25) is 9.36 Å². The SMILES string of the molecule is CCc1nnc(SCC(=O)Nc2ccccc2SCc2ccccc2)n1-c1ccccc1. The normalized spacial score (nSPS) is 10.8. The Kier molecular flexibility index (Phi) is 7.64. The molecule has 0 aliphatic rings. The van der Waals surface area contributed by atoms with Crippen molar-refractivity contribution in [2.75, 3.05) is 11.1 Å². The molecule has 32 heavy (non-hydrogen) atoms. The van der Waals surface area contributed by atoms with Crippen molar-refractivity contribution in [1.29, 1.82) is 0 Å². The maximum atomic E-state index is 12.7. The fraction of sp³-hybridized carbons (Fsp3) is 0.160. The molecule has 0 saturated carbocycles. The molecule has 0 unspecified atom stereocenters. The van der Waals surface area contributed by atoms with Crippen LogP contribution in [0.3, 0.4) is 0 Å². The minimum absolute atomic E-state index is 0.0663. The monoisotopic (exact) mass is 460 g/mol. The van der Waals surface area contributed by atoms with Crippen LogP contribution in [0.25, 0.3) is 5.69 Å². The second-order valence-electron chi connectivity index (χ2n) is 7.03. The van der Waals surface area contributed by atoms with Gasteiger partial charge in [-0.1, -0.05) is 79.3 Å². The molecule has 4 rings (SSSR count). The third-order valence-corrected chi connectivity index (χ3v) is 6.84. The summed E-state index contributed by atoms with van der Waals surface area (Å²) in [6, 6.07) is 28.2. The van der Waals surface area contributed by atoms with E-state index < -0.39 is 0 Å². The highest BCUT2D eigenvalue weighted by atomic mass is 32.2. The van der Waals surface area contributed by atoms with Gasteiger partial charge in [0.15, 0.2) is 5.16 Å². The second-order valence-corrected chi connectivity index (χ2v) is 8.99. The lowest BCUT2D eigenvalue weighted by Crippen LogP contribution is -2.15. The number of nitrogens with zero attached hydrogens (tertiary/aromatic N) is 3. The van der Waals surface area contributed by atoms with Gasteiger partial charge in [0.1, 0.15) is 5.82 Å². The van der Waals surface area contributed by atoms with Gasteiger partial charge in [-0.05, 0) is 29.8 Å². The Morgan fingerprint density at radius 2 is 1.56 bits per heavy atom. The van der Waals surface area contributed by atoms with Gasteiger partial charge in [0.05, 0.1) is 11.4 Å². The smallest absolute Gasteiger partial charge is 0.234 e. The van der Waals surface area contributed by atoms with Gasteiger partial charge in [-0.25, -0.2) is 0 Å². The number of amides is 1. The second kappa shape index (κ2) is 11.0. The molecule has 7 heteroatoms. The number of nitrogens with one attached hydrogen (secondary N) is 1. The van der Waals surface area contributed by atoms with E-state index in [4.69, 9.17) is 0 Å². The highest BCUT2D eigenvalue weighted by Gasteiger charge is 2.15. The number of hydrogen-bond acceptors (Lipinski definition) is 5. The van der Waals surface area contributed by atoms with Crippen LogP contribution in [0, 0.1) is 0 Å². The third kappa shape index (κ3) is 5.60. The molecule has 4 aromatic rings. The Hall–Kier alpha value is -3.03. The lowest BCUT2D eigenvalue weighted by molar-refractivity contribution is -0.113. The summed E-state index contributed by atoms with van der Waals surface area (Å²) in [5.74, 6) is 1.92. The summed E-state index contributed by atoms with van der Waals surface area (Å²) in [6.45, 7) is 2.05. The zero-order valence-electron chi connectivity index (χ0n) is 17.8. The molecule has 0 atom stereocenters. The van der Waals surface area contributed by atoms with Crippen LogP contribution in [0.15, 0.2) is 95.0 Å². The Balaban J connectivity index is 1.41. The zero-order chi connectivity index (χ0) is 22.2. The van der Waals surface area contributed by atoms with Crippen LogP contribution in [0.4, 0.5) is 5.69 Å². The van der Waals surface area contributed by atoms with Gasteiger partial charge in [-0.15, -0.1) is 22.0 Å². The minimum atomic E-state index is -0.0663. The van der Waals surface area contributed by atoms with Crippen molar-refractivity contribution in [1.82, 2.24) is 14.8 Å². The number of aryl methyl sites for hydroxylation is 1. The van der Waals surface area contributed by atoms with Crippen molar-refractivity contribution in [3.63, 3.8) is 0 Å². The summed E-state index contributed by atoms with van der Waals surface area (Å²) in [6.07, 6.45) is 0.765. The first kappa shape index (κ1) is 22.2. The largest absolute Gasteiger partial charge is 0.324 e. The molecule has 0 aliphatic heterocycles. The van der Waals surface area contributed by atoms with E-state index in [0.717, 1.165) is 39.4 Å².